The molecular weight excluding hydrogens is 289 g/mol. The van der Waals surface area contributed by atoms with Gasteiger partial charge in [-0.2, -0.15) is 0 Å². The zero-order valence-corrected chi connectivity index (χ0v) is 17.9. The third-order valence-corrected chi connectivity index (χ3v) is 4.55. The SMILES string of the molecule is CCCCCCCCCCCCCCCC[n+]1ccccc1.[Na+]. The first-order valence-electron chi connectivity index (χ1n) is 9.87. The van der Waals surface area contributed by atoms with Crippen LogP contribution in [0.3, 0.4) is 0 Å². The zero-order chi connectivity index (χ0) is 15.7. The standard InChI is InChI=1S/C21H38N.Na/c1-2-3-4-5-6-7-8-9-10-11-12-13-14-16-19-22-20-17-15-18-21-22;/h15,17-18,20-21H,2-14,16,19H2,1H3;/q2*+1. The second-order valence-corrected chi connectivity index (χ2v) is 6.71. The van der Waals surface area contributed by atoms with Crippen LogP contribution in [-0.2, 0) is 6.54 Å². The van der Waals surface area contributed by atoms with E-state index in [2.05, 4.69) is 42.1 Å². The Hall–Kier alpha value is 0.150. The van der Waals surface area contributed by atoms with Crippen LogP contribution < -0.4 is 34.1 Å². The maximum Gasteiger partial charge on any atom is 1.00 e. The Labute approximate surface area is 167 Å². The number of pyridine rings is 1. The third kappa shape index (κ3) is 15.4. The molecule has 0 amide bonds. The molecule has 23 heavy (non-hydrogen) atoms. The molecule has 1 rings (SSSR count). The number of rotatable bonds is 15. The van der Waals surface area contributed by atoms with E-state index >= 15 is 0 Å². The predicted molar refractivity (Wildman–Crippen MR) is 96.9 cm³/mol. The molecule has 0 N–H and O–H groups in total. The van der Waals surface area contributed by atoms with Crippen molar-refractivity contribution in [2.75, 3.05) is 0 Å². The molecule has 1 nitrogen and oxygen atoms in total. The summed E-state index contributed by atoms with van der Waals surface area (Å²) in [7, 11) is 0. The van der Waals surface area contributed by atoms with Crippen molar-refractivity contribution in [1.82, 2.24) is 0 Å². The fourth-order valence-corrected chi connectivity index (χ4v) is 3.07. The van der Waals surface area contributed by atoms with E-state index in [1.54, 1.807) is 0 Å². The number of hydrogen-bond acceptors (Lipinski definition) is 0. The van der Waals surface area contributed by atoms with Crippen molar-refractivity contribution in [2.45, 2.75) is 103 Å². The third-order valence-electron chi connectivity index (χ3n) is 4.55. The van der Waals surface area contributed by atoms with Gasteiger partial charge < -0.3 is 0 Å². The second kappa shape index (κ2) is 18.5. The fraction of sp³-hybridized carbons (Fsp3) is 0.762. The molecule has 0 saturated heterocycles. The topological polar surface area (TPSA) is 3.88 Å². The smallest absolute Gasteiger partial charge is 0.205 e. The summed E-state index contributed by atoms with van der Waals surface area (Å²) in [6, 6.07) is 6.31. The molecule has 2 heteroatoms. The summed E-state index contributed by atoms with van der Waals surface area (Å²) < 4.78 is 2.29. The first kappa shape index (κ1) is 23.1. The number of unbranched alkanes of at least 4 members (excludes halogenated alkanes) is 13. The first-order valence-corrected chi connectivity index (χ1v) is 9.87. The van der Waals surface area contributed by atoms with Crippen molar-refractivity contribution >= 4 is 0 Å². The Morgan fingerprint density at radius 3 is 1.35 bits per heavy atom. The molecule has 0 saturated carbocycles. The quantitative estimate of drug-likeness (QED) is 0.264. The Morgan fingerprint density at radius 2 is 0.913 bits per heavy atom. The van der Waals surface area contributed by atoms with Gasteiger partial charge in [0.15, 0.2) is 12.4 Å². The Bertz CT molecular complexity index is 326. The first-order chi connectivity index (χ1) is 10.9. The van der Waals surface area contributed by atoms with Gasteiger partial charge in [-0.15, -0.1) is 0 Å². The molecule has 0 aliphatic heterocycles. The molecule has 1 aromatic heterocycles. The van der Waals surface area contributed by atoms with E-state index in [-0.39, 0.29) is 29.6 Å². The van der Waals surface area contributed by atoms with Gasteiger partial charge in [-0.1, -0.05) is 90.0 Å². The van der Waals surface area contributed by atoms with Crippen LogP contribution in [0.15, 0.2) is 30.6 Å². The van der Waals surface area contributed by atoms with Crippen molar-refractivity contribution in [3.8, 4) is 0 Å². The van der Waals surface area contributed by atoms with Gasteiger partial charge in [-0.05, 0) is 6.42 Å². The average molecular weight is 328 g/mol. The van der Waals surface area contributed by atoms with Crippen molar-refractivity contribution in [1.29, 1.82) is 0 Å². The van der Waals surface area contributed by atoms with Crippen LogP contribution in [0.5, 0.6) is 0 Å². The van der Waals surface area contributed by atoms with E-state index in [4.69, 9.17) is 0 Å². The number of aromatic nitrogens is 1. The van der Waals surface area contributed by atoms with Crippen molar-refractivity contribution in [3.05, 3.63) is 30.6 Å². The van der Waals surface area contributed by atoms with E-state index in [0.29, 0.717) is 0 Å². The summed E-state index contributed by atoms with van der Waals surface area (Å²) in [5.74, 6) is 0. The molecule has 0 bridgehead atoms. The molecular formula is C21H38NNa+2. The summed E-state index contributed by atoms with van der Waals surface area (Å²) in [6.45, 7) is 3.47. The van der Waals surface area contributed by atoms with Crippen LogP contribution in [0.1, 0.15) is 96.8 Å². The molecule has 1 heterocycles. The molecule has 0 unspecified atom stereocenters. The summed E-state index contributed by atoms with van der Waals surface area (Å²) in [5, 5.41) is 0. The van der Waals surface area contributed by atoms with E-state index in [1.807, 2.05) is 0 Å². The summed E-state index contributed by atoms with van der Waals surface area (Å²) in [6.07, 6.45) is 24.4. The molecule has 0 atom stereocenters. The summed E-state index contributed by atoms with van der Waals surface area (Å²) in [4.78, 5) is 0. The van der Waals surface area contributed by atoms with Crippen LogP contribution in [0.25, 0.3) is 0 Å². The van der Waals surface area contributed by atoms with Gasteiger partial charge in [0.05, 0.1) is 0 Å². The molecule has 1 aromatic rings. The Kier molecular flexibility index (Phi) is 18.6. The predicted octanol–water partition coefficient (Wildman–Crippen LogP) is 3.46. The fourth-order valence-electron chi connectivity index (χ4n) is 3.07. The molecule has 0 spiro atoms. The van der Waals surface area contributed by atoms with E-state index in [9.17, 15) is 0 Å². The second-order valence-electron chi connectivity index (χ2n) is 6.71. The average Bonchev–Trinajstić information content (AvgIpc) is 2.56. The van der Waals surface area contributed by atoms with E-state index < -0.39 is 0 Å². The zero-order valence-electron chi connectivity index (χ0n) is 15.9. The van der Waals surface area contributed by atoms with Crippen molar-refractivity contribution in [2.24, 2.45) is 0 Å². The van der Waals surface area contributed by atoms with Crippen LogP contribution in [0.2, 0.25) is 0 Å². The van der Waals surface area contributed by atoms with Crippen molar-refractivity contribution in [3.63, 3.8) is 0 Å². The van der Waals surface area contributed by atoms with Gasteiger partial charge in [0.25, 0.3) is 0 Å². The van der Waals surface area contributed by atoms with Gasteiger partial charge in [0, 0.05) is 18.6 Å². The molecule has 0 aromatic carbocycles. The minimum absolute atomic E-state index is 0. The van der Waals surface area contributed by atoms with Crippen molar-refractivity contribution < 1.29 is 34.1 Å². The van der Waals surface area contributed by atoms with E-state index in [1.165, 1.54) is 96.4 Å². The number of hydrogen-bond donors (Lipinski definition) is 0. The van der Waals surface area contributed by atoms with Gasteiger partial charge in [-0.25, -0.2) is 4.57 Å². The van der Waals surface area contributed by atoms with Crippen LogP contribution in [-0.4, -0.2) is 0 Å². The Morgan fingerprint density at radius 1 is 0.522 bits per heavy atom. The Balaban J connectivity index is 0.00000484. The van der Waals surface area contributed by atoms with Crippen LogP contribution in [0, 0.1) is 0 Å². The molecule has 0 radical (unpaired) electrons. The maximum atomic E-state index is 2.29. The molecule has 0 fully saturated rings. The monoisotopic (exact) mass is 327 g/mol. The minimum Gasteiger partial charge on any atom is -0.205 e. The van der Waals surface area contributed by atoms with Gasteiger partial charge in [0.1, 0.15) is 6.54 Å². The minimum atomic E-state index is 0. The number of nitrogens with zero attached hydrogens (tertiary/aromatic N) is 1. The van der Waals surface area contributed by atoms with Gasteiger partial charge in [-0.3, -0.25) is 0 Å². The summed E-state index contributed by atoms with van der Waals surface area (Å²) in [5.41, 5.74) is 0. The largest absolute Gasteiger partial charge is 1.00 e. The molecule has 126 valence electrons. The van der Waals surface area contributed by atoms with E-state index in [0.717, 1.165) is 0 Å². The maximum absolute atomic E-state index is 2.29. The molecule has 0 aliphatic carbocycles. The normalized spacial score (nSPS) is 10.5. The van der Waals surface area contributed by atoms with Gasteiger partial charge >= 0.3 is 29.6 Å². The van der Waals surface area contributed by atoms with Crippen LogP contribution in [0.4, 0.5) is 0 Å². The van der Waals surface area contributed by atoms with Gasteiger partial charge in [0.2, 0.25) is 0 Å². The number of aryl methyl sites for hydroxylation is 1. The summed E-state index contributed by atoms with van der Waals surface area (Å²) >= 11 is 0. The van der Waals surface area contributed by atoms with Crippen LogP contribution >= 0.6 is 0 Å². The molecule has 0 aliphatic rings.